The summed E-state index contributed by atoms with van der Waals surface area (Å²) in [6.07, 6.45) is 3.19. The highest BCUT2D eigenvalue weighted by Crippen LogP contribution is 2.12. The fourth-order valence-electron chi connectivity index (χ4n) is 2.09. The Labute approximate surface area is 131 Å². The summed E-state index contributed by atoms with van der Waals surface area (Å²) in [7, 11) is 0. The molecule has 3 rings (SSSR count). The molecule has 0 fully saturated rings. The van der Waals surface area contributed by atoms with Gasteiger partial charge in [-0.15, -0.1) is 10.2 Å². The molecule has 6 nitrogen and oxygen atoms in total. The third-order valence-corrected chi connectivity index (χ3v) is 3.23. The zero-order valence-electron chi connectivity index (χ0n) is 12.4. The van der Waals surface area contributed by atoms with Crippen LogP contribution in [0, 0.1) is 5.82 Å². The van der Waals surface area contributed by atoms with Crippen molar-refractivity contribution in [2.24, 2.45) is 0 Å². The van der Waals surface area contributed by atoms with Crippen LogP contribution in [0.15, 0.2) is 48.9 Å². The second kappa shape index (κ2) is 6.43. The molecule has 1 aromatic carbocycles. The Hall–Kier alpha value is -2.96. The Bertz CT molecular complexity index is 834. The smallest absolute Gasteiger partial charge is 0.253 e. The van der Waals surface area contributed by atoms with Crippen molar-refractivity contribution in [1.29, 1.82) is 0 Å². The molecule has 1 atom stereocenters. The van der Waals surface area contributed by atoms with Crippen molar-refractivity contribution in [3.8, 4) is 5.75 Å². The van der Waals surface area contributed by atoms with E-state index < -0.39 is 0 Å². The number of hydrogen-bond donors (Lipinski definition) is 1. The van der Waals surface area contributed by atoms with Crippen LogP contribution in [0.25, 0.3) is 5.65 Å². The molecule has 118 valence electrons. The summed E-state index contributed by atoms with van der Waals surface area (Å²) in [5.41, 5.74) is 1.17. The van der Waals surface area contributed by atoms with Gasteiger partial charge in [-0.3, -0.25) is 9.20 Å². The van der Waals surface area contributed by atoms with Crippen LogP contribution in [0.2, 0.25) is 0 Å². The molecule has 2 heterocycles. The quantitative estimate of drug-likeness (QED) is 0.783. The largest absolute Gasteiger partial charge is 0.491 e. The molecular weight excluding hydrogens is 299 g/mol. The number of nitrogens with one attached hydrogen (secondary N) is 1. The lowest BCUT2D eigenvalue weighted by molar-refractivity contribution is 0.0926. The fraction of sp³-hybridized carbons (Fsp3) is 0.188. The molecule has 0 unspecified atom stereocenters. The summed E-state index contributed by atoms with van der Waals surface area (Å²) in [6, 6.07) is 9.05. The summed E-state index contributed by atoms with van der Waals surface area (Å²) < 4.78 is 20.2. The van der Waals surface area contributed by atoms with E-state index in [1.54, 1.807) is 34.9 Å². The zero-order valence-corrected chi connectivity index (χ0v) is 12.4. The van der Waals surface area contributed by atoms with Crippen LogP contribution in [-0.2, 0) is 0 Å². The van der Waals surface area contributed by atoms with Gasteiger partial charge in [0.15, 0.2) is 5.65 Å². The number of amides is 1. The first-order valence-electron chi connectivity index (χ1n) is 7.10. The number of rotatable bonds is 5. The first kappa shape index (κ1) is 15.0. The third kappa shape index (κ3) is 3.63. The van der Waals surface area contributed by atoms with E-state index in [9.17, 15) is 9.18 Å². The van der Waals surface area contributed by atoms with E-state index in [2.05, 4.69) is 15.5 Å². The van der Waals surface area contributed by atoms with Gasteiger partial charge in [-0.1, -0.05) is 6.07 Å². The molecule has 0 aliphatic carbocycles. The number of aromatic nitrogens is 3. The molecule has 1 amide bonds. The molecule has 3 aromatic rings. The maximum absolute atomic E-state index is 13.1. The number of ether oxygens (including phenoxy) is 1. The molecule has 2 aromatic heterocycles. The molecule has 0 saturated heterocycles. The van der Waals surface area contributed by atoms with E-state index in [1.165, 1.54) is 18.5 Å². The van der Waals surface area contributed by atoms with Gasteiger partial charge in [-0.2, -0.15) is 0 Å². The van der Waals surface area contributed by atoms with E-state index in [4.69, 9.17) is 4.74 Å². The summed E-state index contributed by atoms with van der Waals surface area (Å²) in [5.74, 6) is -0.158. The number of hydrogen-bond acceptors (Lipinski definition) is 4. The summed E-state index contributed by atoms with van der Waals surface area (Å²) in [4.78, 5) is 12.2. The number of carbonyl (C=O) groups is 1. The second-order valence-corrected chi connectivity index (χ2v) is 5.16. The lowest BCUT2D eigenvalue weighted by atomic mass is 10.2. The van der Waals surface area contributed by atoms with Crippen molar-refractivity contribution < 1.29 is 13.9 Å². The van der Waals surface area contributed by atoms with E-state index >= 15 is 0 Å². The van der Waals surface area contributed by atoms with E-state index in [-0.39, 0.29) is 24.4 Å². The van der Waals surface area contributed by atoms with Crippen molar-refractivity contribution in [3.63, 3.8) is 0 Å². The lowest BCUT2D eigenvalue weighted by Gasteiger charge is -2.15. The predicted molar refractivity (Wildman–Crippen MR) is 81.8 cm³/mol. The van der Waals surface area contributed by atoms with Gasteiger partial charge in [0.2, 0.25) is 0 Å². The number of carbonyl (C=O) groups excluding carboxylic acids is 1. The molecule has 0 radical (unpaired) electrons. The maximum atomic E-state index is 13.1. The van der Waals surface area contributed by atoms with Crippen molar-refractivity contribution in [3.05, 3.63) is 60.3 Å². The maximum Gasteiger partial charge on any atom is 0.253 e. The minimum absolute atomic E-state index is 0.226. The molecule has 0 aliphatic rings. The second-order valence-electron chi connectivity index (χ2n) is 5.16. The Kier molecular flexibility index (Phi) is 4.18. The Morgan fingerprint density at radius 3 is 3.09 bits per heavy atom. The van der Waals surface area contributed by atoms with E-state index in [0.29, 0.717) is 17.0 Å². The van der Waals surface area contributed by atoms with Gasteiger partial charge in [-0.25, -0.2) is 4.39 Å². The number of fused-ring (bicyclic) bond motifs is 1. The van der Waals surface area contributed by atoms with Gasteiger partial charge in [-0.05, 0) is 31.2 Å². The van der Waals surface area contributed by atoms with Crippen LogP contribution in [0.1, 0.15) is 17.3 Å². The Morgan fingerprint density at radius 2 is 2.26 bits per heavy atom. The molecule has 7 heteroatoms. The van der Waals surface area contributed by atoms with Crippen LogP contribution >= 0.6 is 0 Å². The average Bonchev–Trinajstić information content (AvgIpc) is 3.00. The van der Waals surface area contributed by atoms with Crippen molar-refractivity contribution in [2.45, 2.75) is 13.0 Å². The van der Waals surface area contributed by atoms with Gasteiger partial charge >= 0.3 is 0 Å². The number of benzene rings is 1. The monoisotopic (exact) mass is 314 g/mol. The van der Waals surface area contributed by atoms with Crippen molar-refractivity contribution in [1.82, 2.24) is 19.9 Å². The normalized spacial score (nSPS) is 12.1. The van der Waals surface area contributed by atoms with Crippen LogP contribution < -0.4 is 10.1 Å². The number of pyridine rings is 1. The van der Waals surface area contributed by atoms with Crippen molar-refractivity contribution >= 4 is 11.6 Å². The van der Waals surface area contributed by atoms with Gasteiger partial charge in [0.1, 0.15) is 24.5 Å². The minimum atomic E-state index is -0.360. The molecule has 0 bridgehead atoms. The molecule has 0 saturated carbocycles. The highest BCUT2D eigenvalue weighted by Gasteiger charge is 2.11. The van der Waals surface area contributed by atoms with Gasteiger partial charge in [0, 0.05) is 12.3 Å². The standard InChI is InChI=1S/C16H15FN4O2/c1-11(9-23-14-4-2-3-13(17)7-14)19-16(22)12-5-6-15-20-18-10-21(15)8-12/h2-8,10-11H,9H2,1H3,(H,19,22)/t11-/m1/s1. The molecular formula is C16H15FN4O2. The fourth-order valence-corrected chi connectivity index (χ4v) is 2.09. The Balaban J connectivity index is 1.58. The predicted octanol–water partition coefficient (Wildman–Crippen LogP) is 2.07. The van der Waals surface area contributed by atoms with E-state index in [0.717, 1.165) is 0 Å². The van der Waals surface area contributed by atoms with E-state index in [1.807, 2.05) is 6.92 Å². The SMILES string of the molecule is C[C@H](COc1cccc(F)c1)NC(=O)c1ccc2nncn2c1. The minimum Gasteiger partial charge on any atom is -0.491 e. The van der Waals surface area contributed by atoms with Crippen LogP contribution in [-0.4, -0.2) is 33.2 Å². The van der Waals surface area contributed by atoms with Crippen LogP contribution in [0.5, 0.6) is 5.75 Å². The Morgan fingerprint density at radius 1 is 1.39 bits per heavy atom. The lowest BCUT2D eigenvalue weighted by Crippen LogP contribution is -2.36. The molecule has 0 spiro atoms. The third-order valence-electron chi connectivity index (χ3n) is 3.23. The van der Waals surface area contributed by atoms with Gasteiger partial charge in [0.05, 0.1) is 11.6 Å². The summed E-state index contributed by atoms with van der Waals surface area (Å²) >= 11 is 0. The number of nitrogens with zero attached hydrogens (tertiary/aromatic N) is 3. The molecule has 23 heavy (non-hydrogen) atoms. The average molecular weight is 314 g/mol. The topological polar surface area (TPSA) is 68.5 Å². The van der Waals surface area contributed by atoms with Crippen molar-refractivity contribution in [2.75, 3.05) is 6.61 Å². The number of halogens is 1. The first-order valence-corrected chi connectivity index (χ1v) is 7.10. The van der Waals surface area contributed by atoms with Gasteiger partial charge < -0.3 is 10.1 Å². The summed E-state index contributed by atoms with van der Waals surface area (Å²) in [5, 5.41) is 10.5. The first-order chi connectivity index (χ1) is 11.1. The molecule has 1 N–H and O–H groups in total. The highest BCUT2D eigenvalue weighted by molar-refractivity contribution is 5.94. The van der Waals surface area contributed by atoms with Crippen LogP contribution in [0.4, 0.5) is 4.39 Å². The highest BCUT2D eigenvalue weighted by atomic mass is 19.1. The zero-order chi connectivity index (χ0) is 16.2. The molecule has 0 aliphatic heterocycles. The van der Waals surface area contributed by atoms with Crippen LogP contribution in [0.3, 0.4) is 0 Å². The van der Waals surface area contributed by atoms with Gasteiger partial charge in [0.25, 0.3) is 5.91 Å². The summed E-state index contributed by atoms with van der Waals surface area (Å²) in [6.45, 7) is 2.05.